The zero-order valence-electron chi connectivity index (χ0n) is 15.8. The lowest BCUT2D eigenvalue weighted by molar-refractivity contribution is 0.0761. The summed E-state index contributed by atoms with van der Waals surface area (Å²) in [5.41, 5.74) is 1.26. The quantitative estimate of drug-likeness (QED) is 0.877. The van der Waals surface area contributed by atoms with Crippen molar-refractivity contribution >= 4 is 16.9 Å². The number of likely N-dealkylation sites (tertiary alicyclic amines) is 1. The number of nitrogens with zero attached hydrogens (tertiary/aromatic N) is 4. The number of rotatable bonds is 4. The number of hydrogen-bond donors (Lipinski definition) is 1. The first-order valence-corrected chi connectivity index (χ1v) is 9.05. The first kappa shape index (κ1) is 18.5. The van der Waals surface area contributed by atoms with Gasteiger partial charge in [0.1, 0.15) is 11.2 Å². The van der Waals surface area contributed by atoms with Crippen LogP contribution >= 0.6 is 0 Å². The maximum absolute atomic E-state index is 13.0. The fourth-order valence-electron chi connectivity index (χ4n) is 3.53. The number of pyridine rings is 2. The van der Waals surface area contributed by atoms with Crippen LogP contribution in [0.3, 0.4) is 0 Å². The van der Waals surface area contributed by atoms with E-state index in [0.717, 1.165) is 12.2 Å². The molecule has 2 aromatic rings. The molecule has 140 valence electrons. The Morgan fingerprint density at radius 2 is 2.08 bits per heavy atom. The Morgan fingerprint density at radius 3 is 2.73 bits per heavy atom. The van der Waals surface area contributed by atoms with Crippen molar-refractivity contribution in [2.24, 2.45) is 0 Å². The van der Waals surface area contributed by atoms with Crippen molar-refractivity contribution in [3.8, 4) is 0 Å². The molecule has 1 aliphatic heterocycles. The second kappa shape index (κ2) is 7.17. The highest BCUT2D eigenvalue weighted by Crippen LogP contribution is 2.18. The van der Waals surface area contributed by atoms with Crippen LogP contribution in [0.5, 0.6) is 0 Å². The minimum Gasteiger partial charge on any atom is -0.390 e. The molecule has 2 aromatic heterocycles. The number of aryl methyl sites for hydroxylation is 2. The van der Waals surface area contributed by atoms with Gasteiger partial charge in [-0.05, 0) is 39.6 Å². The Labute approximate surface area is 152 Å². The second-order valence-corrected chi connectivity index (χ2v) is 6.90. The van der Waals surface area contributed by atoms with Crippen LogP contribution in [0.15, 0.2) is 23.1 Å². The van der Waals surface area contributed by atoms with Crippen molar-refractivity contribution < 1.29 is 9.90 Å². The van der Waals surface area contributed by atoms with Gasteiger partial charge in [-0.3, -0.25) is 14.5 Å². The van der Waals surface area contributed by atoms with E-state index in [4.69, 9.17) is 0 Å². The summed E-state index contributed by atoms with van der Waals surface area (Å²) in [7, 11) is 1.93. The van der Waals surface area contributed by atoms with Gasteiger partial charge < -0.3 is 14.6 Å². The van der Waals surface area contributed by atoms with Gasteiger partial charge in [-0.1, -0.05) is 6.92 Å². The second-order valence-electron chi connectivity index (χ2n) is 6.90. The molecule has 1 aliphatic rings. The summed E-state index contributed by atoms with van der Waals surface area (Å²) in [6.07, 6.45) is 0.991. The summed E-state index contributed by atoms with van der Waals surface area (Å²) in [5, 5.41) is 10.7. The lowest BCUT2D eigenvalue weighted by Crippen LogP contribution is -2.41. The van der Waals surface area contributed by atoms with Crippen LogP contribution in [0.2, 0.25) is 0 Å². The molecule has 0 spiro atoms. The molecular formula is C19H26N4O3. The van der Waals surface area contributed by atoms with E-state index in [1.54, 1.807) is 23.2 Å². The van der Waals surface area contributed by atoms with Gasteiger partial charge in [-0.15, -0.1) is 0 Å². The van der Waals surface area contributed by atoms with Crippen LogP contribution in [0.25, 0.3) is 11.0 Å². The van der Waals surface area contributed by atoms with Crippen LogP contribution in [-0.4, -0.2) is 69.2 Å². The minimum atomic E-state index is -0.609. The van der Waals surface area contributed by atoms with E-state index in [2.05, 4.69) is 4.98 Å². The highest BCUT2D eigenvalue weighted by Gasteiger charge is 2.37. The molecule has 0 aliphatic carbocycles. The predicted molar refractivity (Wildman–Crippen MR) is 100 cm³/mol. The molecule has 1 fully saturated rings. The zero-order valence-corrected chi connectivity index (χ0v) is 15.8. The highest BCUT2D eigenvalue weighted by atomic mass is 16.3. The summed E-state index contributed by atoms with van der Waals surface area (Å²) in [4.78, 5) is 33.9. The number of carbonyl (C=O) groups is 1. The summed E-state index contributed by atoms with van der Waals surface area (Å²) < 4.78 is 1.83. The number of aliphatic hydroxyl groups excluding tert-OH is 1. The van der Waals surface area contributed by atoms with Gasteiger partial charge in [-0.25, -0.2) is 4.98 Å². The van der Waals surface area contributed by atoms with E-state index in [1.165, 1.54) is 0 Å². The van der Waals surface area contributed by atoms with Gasteiger partial charge in [0.2, 0.25) is 5.43 Å². The summed E-state index contributed by atoms with van der Waals surface area (Å²) in [5.74, 6) is -0.328. The molecule has 7 nitrogen and oxygen atoms in total. The summed E-state index contributed by atoms with van der Waals surface area (Å²) >= 11 is 0. The number of amides is 1. The third-order valence-electron chi connectivity index (χ3n) is 5.24. The Morgan fingerprint density at radius 1 is 1.35 bits per heavy atom. The zero-order chi connectivity index (χ0) is 19.0. The van der Waals surface area contributed by atoms with Crippen LogP contribution in [0.4, 0.5) is 0 Å². The van der Waals surface area contributed by atoms with E-state index in [-0.39, 0.29) is 29.5 Å². The molecule has 1 amide bonds. The lowest BCUT2D eigenvalue weighted by Gasteiger charge is -2.24. The molecule has 3 rings (SSSR count). The largest absolute Gasteiger partial charge is 0.390 e. The van der Waals surface area contributed by atoms with Crippen LogP contribution in [0, 0.1) is 6.92 Å². The van der Waals surface area contributed by atoms with Crippen LogP contribution in [0.1, 0.15) is 29.9 Å². The van der Waals surface area contributed by atoms with Crippen molar-refractivity contribution in [1.29, 1.82) is 0 Å². The fraction of sp³-hybridized carbons (Fsp3) is 0.526. The molecule has 0 bridgehead atoms. The Hall–Kier alpha value is -2.25. The monoisotopic (exact) mass is 358 g/mol. The van der Waals surface area contributed by atoms with E-state index >= 15 is 0 Å². The highest BCUT2D eigenvalue weighted by molar-refractivity contribution is 5.97. The minimum absolute atomic E-state index is 0.109. The molecule has 26 heavy (non-hydrogen) atoms. The van der Waals surface area contributed by atoms with Gasteiger partial charge in [-0.2, -0.15) is 0 Å². The van der Waals surface area contributed by atoms with Crippen molar-refractivity contribution in [1.82, 2.24) is 19.4 Å². The summed E-state index contributed by atoms with van der Waals surface area (Å²) in [6, 6.07) is 3.40. The molecule has 0 unspecified atom stereocenters. The normalized spacial score (nSPS) is 20.3. The van der Waals surface area contributed by atoms with E-state index in [0.29, 0.717) is 24.1 Å². The average Bonchev–Trinajstić information content (AvgIpc) is 3.02. The maximum atomic E-state index is 13.0. The molecule has 3 heterocycles. The van der Waals surface area contributed by atoms with Gasteiger partial charge in [0.25, 0.3) is 5.91 Å². The SMILES string of the molecule is CCN(C)[C@@H]1CN(C(=O)c2cn(CC)c3nc(C)ccc3c2=O)C[C@H]1O. The number of hydrogen-bond acceptors (Lipinski definition) is 5. The van der Waals surface area contributed by atoms with Crippen LogP contribution in [-0.2, 0) is 6.54 Å². The first-order chi connectivity index (χ1) is 12.4. The first-order valence-electron chi connectivity index (χ1n) is 9.05. The topological polar surface area (TPSA) is 78.7 Å². The standard InChI is InChI=1S/C19H26N4O3/c1-5-21(4)15-10-23(11-16(15)24)19(26)14-9-22(6-2)18-13(17(14)25)8-7-12(3)20-18/h7-9,15-16,24H,5-6,10-11H2,1-4H3/t15-,16-/m1/s1. The Bertz CT molecular complexity index is 892. The van der Waals surface area contributed by atoms with Crippen molar-refractivity contribution in [3.63, 3.8) is 0 Å². The fourth-order valence-corrected chi connectivity index (χ4v) is 3.53. The average molecular weight is 358 g/mol. The molecular weight excluding hydrogens is 332 g/mol. The van der Waals surface area contributed by atoms with Crippen LogP contribution < -0.4 is 5.43 Å². The number of aliphatic hydroxyl groups is 1. The number of β-amino-alcohol motifs (C(OH)–C–C–N with tert-alkyl or cyclic N) is 1. The van der Waals surface area contributed by atoms with Crippen molar-refractivity contribution in [3.05, 3.63) is 39.8 Å². The number of carbonyl (C=O) groups excluding carboxylic acids is 1. The Kier molecular flexibility index (Phi) is 5.11. The van der Waals surface area contributed by atoms with Gasteiger partial charge in [0, 0.05) is 31.5 Å². The molecule has 2 atom stereocenters. The van der Waals surface area contributed by atoms with Crippen molar-refractivity contribution in [2.75, 3.05) is 26.7 Å². The van der Waals surface area contributed by atoms with E-state index < -0.39 is 6.10 Å². The molecule has 0 radical (unpaired) electrons. The van der Waals surface area contributed by atoms with Gasteiger partial charge in [0.05, 0.1) is 17.5 Å². The lowest BCUT2D eigenvalue weighted by atomic mass is 10.1. The molecule has 7 heteroatoms. The van der Waals surface area contributed by atoms with Gasteiger partial charge in [0.15, 0.2) is 0 Å². The number of likely N-dealkylation sites (N-methyl/N-ethyl adjacent to an activating group) is 1. The molecule has 0 aromatic carbocycles. The molecule has 1 saturated heterocycles. The smallest absolute Gasteiger partial charge is 0.259 e. The Balaban J connectivity index is 2.00. The third kappa shape index (κ3) is 3.12. The van der Waals surface area contributed by atoms with Crippen molar-refractivity contribution in [2.45, 2.75) is 39.5 Å². The number of fused-ring (bicyclic) bond motifs is 1. The third-order valence-corrected chi connectivity index (χ3v) is 5.24. The number of aromatic nitrogens is 2. The maximum Gasteiger partial charge on any atom is 0.259 e. The molecule has 0 saturated carbocycles. The molecule has 1 N–H and O–H groups in total. The van der Waals surface area contributed by atoms with Gasteiger partial charge >= 0.3 is 0 Å². The summed E-state index contributed by atoms with van der Waals surface area (Å²) in [6.45, 7) is 7.89. The van der Waals surface area contributed by atoms with E-state index in [9.17, 15) is 14.7 Å². The predicted octanol–water partition coefficient (Wildman–Crippen LogP) is 0.862. The van der Waals surface area contributed by atoms with E-state index in [1.807, 2.05) is 37.3 Å².